The van der Waals surface area contributed by atoms with Crippen molar-refractivity contribution in [2.45, 2.75) is 35.0 Å². The van der Waals surface area contributed by atoms with Gasteiger partial charge in [0.15, 0.2) is 0 Å². The van der Waals surface area contributed by atoms with Gasteiger partial charge in [0, 0.05) is 0 Å². The molecule has 0 bridgehead atoms. The molecule has 35 heavy (non-hydrogen) atoms. The van der Waals surface area contributed by atoms with Crippen LogP contribution in [0.4, 0.5) is 0 Å². The first-order chi connectivity index (χ1) is 16.0. The van der Waals surface area contributed by atoms with E-state index in [2.05, 4.69) is 122 Å². The third-order valence-electron chi connectivity index (χ3n) is 7.00. The van der Waals surface area contributed by atoms with Gasteiger partial charge < -0.3 is 24.8 Å². The van der Waals surface area contributed by atoms with Gasteiger partial charge in [0.25, 0.3) is 0 Å². The maximum atomic E-state index is 2.46. The zero-order valence-corrected chi connectivity index (χ0v) is 25.5. The number of nitrogens with zero attached hydrogens (tertiary/aromatic N) is 2. The van der Waals surface area contributed by atoms with Crippen molar-refractivity contribution in [1.29, 1.82) is 0 Å². The maximum absolute atomic E-state index is 2.46. The molecule has 0 N–H and O–H groups in total. The molecule has 0 saturated heterocycles. The zero-order valence-electron chi connectivity index (χ0n) is 20.4. The van der Waals surface area contributed by atoms with Crippen LogP contribution in [0.25, 0.3) is 23.5 Å². The van der Waals surface area contributed by atoms with Gasteiger partial charge in [-0.15, -0.1) is 0 Å². The summed E-state index contributed by atoms with van der Waals surface area (Å²) >= 11 is -1.30. The summed E-state index contributed by atoms with van der Waals surface area (Å²) in [6.45, 7) is 8.89. The van der Waals surface area contributed by atoms with Gasteiger partial charge in [-0.25, -0.2) is 0 Å². The van der Waals surface area contributed by atoms with Crippen LogP contribution in [0.5, 0.6) is 0 Å². The summed E-state index contributed by atoms with van der Waals surface area (Å²) in [5, 5.41) is 0. The first-order valence-electron chi connectivity index (χ1n) is 11.7. The van der Waals surface area contributed by atoms with Crippen LogP contribution >= 0.6 is 0 Å². The van der Waals surface area contributed by atoms with Crippen LogP contribution in [0.15, 0.2) is 73.1 Å². The quantitative estimate of drug-likeness (QED) is 0.292. The van der Waals surface area contributed by atoms with Gasteiger partial charge in [-0.1, -0.05) is 0 Å². The fourth-order valence-corrected chi connectivity index (χ4v) is 12.8. The first-order valence-corrected chi connectivity index (χ1v) is 15.8. The number of hydrogen-bond donors (Lipinski definition) is 0. The molecule has 0 amide bonds. The van der Waals surface area contributed by atoms with Gasteiger partial charge in [-0.2, -0.15) is 0 Å². The number of fused-ring (bicyclic) bond motifs is 2. The molecule has 6 rings (SSSR count). The molecule has 2 unspecified atom stereocenters. The molecule has 2 aliphatic rings. The van der Waals surface area contributed by atoms with Crippen LogP contribution in [0.3, 0.4) is 0 Å². The molecule has 2 aliphatic carbocycles. The van der Waals surface area contributed by atoms with Crippen LogP contribution in [0, 0.1) is 27.7 Å². The number of rotatable bonds is 4. The topological polar surface area (TPSA) is 9.86 Å². The Kier molecular flexibility index (Phi) is 7.52. The largest absolute Gasteiger partial charge is 1.00 e. The number of allylic oxidation sites excluding steroid dienone is 2. The molecule has 0 spiro atoms. The molecular weight excluding hydrogens is 638 g/mol. The normalized spacial score (nSPS) is 17.5. The van der Waals surface area contributed by atoms with E-state index in [1.807, 2.05) is 0 Å². The van der Waals surface area contributed by atoms with Gasteiger partial charge in [0.1, 0.15) is 0 Å². The Morgan fingerprint density at radius 1 is 0.600 bits per heavy atom. The van der Waals surface area contributed by atoms with Crippen LogP contribution in [0.2, 0.25) is 0 Å². The third kappa shape index (κ3) is 4.48. The van der Waals surface area contributed by atoms with E-state index in [1.165, 1.54) is 56.2 Å². The number of aryl methyl sites for hydroxylation is 4. The van der Waals surface area contributed by atoms with E-state index < -0.39 is 22.9 Å². The second-order valence-electron chi connectivity index (χ2n) is 9.49. The van der Waals surface area contributed by atoms with Crippen LogP contribution in [0.1, 0.15) is 52.1 Å². The average molecular weight is 666 g/mol. The van der Waals surface area contributed by atoms with Crippen molar-refractivity contribution >= 4 is 23.5 Å². The molecule has 0 fully saturated rings. The summed E-state index contributed by atoms with van der Waals surface area (Å²) < 4.78 is 6.01. The molecule has 0 aliphatic heterocycles. The molecule has 0 saturated carbocycles. The Morgan fingerprint density at radius 2 is 1.00 bits per heavy atom. The molecule has 0 radical (unpaired) electrons. The number of halogens is 2. The van der Waals surface area contributed by atoms with Gasteiger partial charge in [0.05, 0.1) is 0 Å². The van der Waals surface area contributed by atoms with E-state index in [4.69, 9.17) is 0 Å². The standard InChI is InChI=1S/2C15H14N.2ClH.Hf/c2*1-11-7-12(2)16(10-11)15-8-13-5-3-4-6-14(13)9-15;;;/h2*3-10H,1-2H3;2*1H;/q;;;;+2/p-2. The van der Waals surface area contributed by atoms with Crippen molar-refractivity contribution in [3.63, 3.8) is 0 Å². The van der Waals surface area contributed by atoms with E-state index in [0.29, 0.717) is 7.35 Å². The Hall–Kier alpha value is -2.07. The Balaban J connectivity index is 0.00000144. The van der Waals surface area contributed by atoms with Gasteiger partial charge in [-0.05, 0) is 0 Å². The van der Waals surface area contributed by atoms with Crippen molar-refractivity contribution in [2.75, 3.05) is 0 Å². The number of hydrogen-bond acceptors (Lipinski definition) is 0. The first kappa shape index (κ1) is 26.0. The number of benzene rings is 2. The zero-order chi connectivity index (χ0) is 22.7. The van der Waals surface area contributed by atoms with E-state index in [9.17, 15) is 0 Å². The fourth-order valence-electron chi connectivity index (χ4n) is 5.59. The SMILES string of the molecule is Cc1cc(C)n(C2=Cc3ccccc3[CH]2[Hf+2][CH]2C(n3cc(C)cc3C)=Cc3ccccc32)c1.[Cl-].[Cl-]. The second kappa shape index (κ2) is 10.1. The van der Waals surface area contributed by atoms with Crippen molar-refractivity contribution in [1.82, 2.24) is 9.13 Å². The predicted octanol–water partition coefficient (Wildman–Crippen LogP) is 1.42. The van der Waals surface area contributed by atoms with Crippen molar-refractivity contribution in [3.8, 4) is 0 Å². The van der Waals surface area contributed by atoms with Gasteiger partial charge in [0.2, 0.25) is 0 Å². The van der Waals surface area contributed by atoms with Crippen LogP contribution in [-0.2, 0) is 22.9 Å². The molecule has 2 nitrogen and oxygen atoms in total. The van der Waals surface area contributed by atoms with Gasteiger partial charge in [-0.3, -0.25) is 0 Å². The molecular formula is C30H28Cl2HfN2. The molecule has 5 heteroatoms. The molecule has 4 aromatic rings. The minimum Gasteiger partial charge on any atom is -1.00 e. The smallest absolute Gasteiger partial charge is 1.00 e. The molecule has 2 atom stereocenters. The second-order valence-corrected chi connectivity index (χ2v) is 14.8. The Morgan fingerprint density at radius 3 is 1.37 bits per heavy atom. The molecule has 176 valence electrons. The number of aromatic nitrogens is 2. The minimum absolute atomic E-state index is 0. The monoisotopic (exact) mass is 666 g/mol. The summed E-state index contributed by atoms with van der Waals surface area (Å²) in [4.78, 5) is 0. The summed E-state index contributed by atoms with van der Waals surface area (Å²) in [5.41, 5.74) is 14.2. The minimum atomic E-state index is -1.30. The average Bonchev–Trinajstić information content (AvgIpc) is 3.52. The maximum Gasteiger partial charge on any atom is -1.00 e. The molecule has 2 aromatic heterocycles. The van der Waals surface area contributed by atoms with E-state index >= 15 is 0 Å². The summed E-state index contributed by atoms with van der Waals surface area (Å²) in [6, 6.07) is 22.7. The van der Waals surface area contributed by atoms with Crippen LogP contribution < -0.4 is 24.8 Å². The fraction of sp³-hybridized carbons (Fsp3) is 0.200. The van der Waals surface area contributed by atoms with Crippen molar-refractivity contribution < 1.29 is 47.7 Å². The van der Waals surface area contributed by atoms with E-state index in [0.717, 1.165) is 0 Å². The summed E-state index contributed by atoms with van der Waals surface area (Å²) in [6.07, 6.45) is 9.55. The Bertz CT molecular complexity index is 1350. The van der Waals surface area contributed by atoms with Crippen molar-refractivity contribution in [2.24, 2.45) is 0 Å². The van der Waals surface area contributed by atoms with Gasteiger partial charge >= 0.3 is 208 Å². The summed E-state index contributed by atoms with van der Waals surface area (Å²) in [5.74, 6) is 0. The molecule has 2 heterocycles. The van der Waals surface area contributed by atoms with Crippen molar-refractivity contribution in [3.05, 3.63) is 118 Å². The Labute approximate surface area is 231 Å². The summed E-state index contributed by atoms with van der Waals surface area (Å²) in [7, 11) is 0. The van der Waals surface area contributed by atoms with E-state index in [-0.39, 0.29) is 24.8 Å². The van der Waals surface area contributed by atoms with Crippen LogP contribution in [-0.4, -0.2) is 9.13 Å². The molecule has 2 aromatic carbocycles. The van der Waals surface area contributed by atoms with E-state index in [1.54, 1.807) is 0 Å². The predicted molar refractivity (Wildman–Crippen MR) is 135 cm³/mol. The third-order valence-corrected chi connectivity index (χ3v) is 13.8.